The van der Waals surface area contributed by atoms with E-state index in [1.165, 1.54) is 0 Å². The molecule has 154 valence electrons. The maximum absolute atomic E-state index is 12.2. The van der Waals surface area contributed by atoms with Gasteiger partial charge in [0.15, 0.2) is 15.5 Å². The molecule has 7 heteroatoms. The van der Waals surface area contributed by atoms with Gasteiger partial charge < -0.3 is 4.57 Å². The molecule has 0 aliphatic heterocycles. The summed E-state index contributed by atoms with van der Waals surface area (Å²) in [5.41, 5.74) is 7.64. The first kappa shape index (κ1) is 20.2. The zero-order valence-corrected chi connectivity index (χ0v) is 18.4. The number of sulfone groups is 1. The van der Waals surface area contributed by atoms with Crippen molar-refractivity contribution in [3.8, 4) is 22.3 Å². The van der Waals surface area contributed by atoms with Crippen molar-refractivity contribution in [1.82, 2.24) is 19.7 Å². The third-order valence-corrected chi connectivity index (χ3v) is 7.25. The van der Waals surface area contributed by atoms with E-state index in [0.29, 0.717) is 4.90 Å². The summed E-state index contributed by atoms with van der Waals surface area (Å²) in [5.74, 6) is 0.0930. The van der Waals surface area contributed by atoms with Crippen LogP contribution in [0, 0.1) is 13.8 Å². The molecule has 2 aromatic heterocycles. The molecule has 0 bridgehead atoms. The van der Waals surface area contributed by atoms with Crippen molar-refractivity contribution in [3.05, 3.63) is 60.0 Å². The van der Waals surface area contributed by atoms with Crippen molar-refractivity contribution in [3.63, 3.8) is 0 Å². The first-order valence-electron chi connectivity index (χ1n) is 9.97. The molecule has 0 unspecified atom stereocenters. The number of fused-ring (bicyclic) bond motifs is 1. The highest BCUT2D eigenvalue weighted by Crippen LogP contribution is 2.34. The fourth-order valence-corrected chi connectivity index (χ4v) is 4.66. The fourth-order valence-electron chi connectivity index (χ4n) is 3.69. The van der Waals surface area contributed by atoms with E-state index >= 15 is 0 Å². The largest absolute Gasteiger partial charge is 0.314 e. The van der Waals surface area contributed by atoms with Gasteiger partial charge >= 0.3 is 0 Å². The normalized spacial score (nSPS) is 11.9. The lowest BCUT2D eigenvalue weighted by molar-refractivity contribution is 0.597. The second kappa shape index (κ2) is 7.65. The minimum atomic E-state index is -3.23. The zero-order valence-electron chi connectivity index (χ0n) is 17.5. The van der Waals surface area contributed by atoms with Gasteiger partial charge in [-0.2, -0.15) is 5.10 Å². The SMILES string of the molecule is CCn1cnc2c(-c3ccc(C)c(-c4ccc(S(=O)(=O)CC)cc4C)c3)cnnc21. The summed E-state index contributed by atoms with van der Waals surface area (Å²) < 4.78 is 26.4. The highest BCUT2D eigenvalue weighted by atomic mass is 32.2. The molecule has 0 aliphatic rings. The summed E-state index contributed by atoms with van der Waals surface area (Å²) in [6.45, 7) is 8.49. The average Bonchev–Trinajstić information content (AvgIpc) is 3.17. The Balaban J connectivity index is 1.85. The van der Waals surface area contributed by atoms with E-state index in [2.05, 4.69) is 40.3 Å². The van der Waals surface area contributed by atoms with Gasteiger partial charge in [-0.1, -0.05) is 25.1 Å². The molecule has 0 fully saturated rings. The molecule has 4 aromatic rings. The van der Waals surface area contributed by atoms with Gasteiger partial charge in [-0.25, -0.2) is 13.4 Å². The van der Waals surface area contributed by atoms with Gasteiger partial charge in [-0.15, -0.1) is 5.10 Å². The van der Waals surface area contributed by atoms with Crippen LogP contribution in [0.15, 0.2) is 53.8 Å². The molecule has 0 atom stereocenters. The summed E-state index contributed by atoms with van der Waals surface area (Å²) >= 11 is 0. The summed E-state index contributed by atoms with van der Waals surface area (Å²) in [6.07, 6.45) is 3.53. The third-order valence-electron chi connectivity index (χ3n) is 5.52. The quantitative estimate of drug-likeness (QED) is 0.472. The standard InChI is InChI=1S/C23H24N4O2S/c1-5-27-14-24-22-21(13-25-26-23(22)27)17-8-7-15(3)20(12-17)19-10-9-18(11-16(19)4)30(28,29)6-2/h7-14H,5-6H2,1-4H3. The number of nitrogens with zero attached hydrogens (tertiary/aromatic N) is 4. The molecule has 0 radical (unpaired) electrons. The number of aromatic nitrogens is 4. The van der Waals surface area contributed by atoms with Crippen LogP contribution in [0.1, 0.15) is 25.0 Å². The lowest BCUT2D eigenvalue weighted by atomic mass is 9.93. The highest BCUT2D eigenvalue weighted by molar-refractivity contribution is 7.91. The summed E-state index contributed by atoms with van der Waals surface area (Å²) in [4.78, 5) is 4.92. The summed E-state index contributed by atoms with van der Waals surface area (Å²) in [5, 5.41) is 8.43. The molecule has 0 aliphatic carbocycles. The van der Waals surface area contributed by atoms with E-state index in [1.54, 1.807) is 31.6 Å². The lowest BCUT2D eigenvalue weighted by Gasteiger charge is -2.13. The Bertz CT molecular complexity index is 1360. The van der Waals surface area contributed by atoms with Crippen molar-refractivity contribution in [2.75, 3.05) is 5.75 Å². The Morgan fingerprint density at radius 2 is 1.73 bits per heavy atom. The van der Waals surface area contributed by atoms with Gasteiger partial charge in [-0.05, 0) is 66.8 Å². The Morgan fingerprint density at radius 3 is 2.43 bits per heavy atom. The zero-order chi connectivity index (χ0) is 21.5. The van der Waals surface area contributed by atoms with E-state index in [9.17, 15) is 8.42 Å². The maximum Gasteiger partial charge on any atom is 0.183 e. The molecule has 30 heavy (non-hydrogen) atoms. The van der Waals surface area contributed by atoms with Gasteiger partial charge in [0.2, 0.25) is 0 Å². The van der Waals surface area contributed by atoms with Crippen LogP contribution in [-0.4, -0.2) is 33.9 Å². The van der Waals surface area contributed by atoms with Crippen LogP contribution < -0.4 is 0 Å². The molecular formula is C23H24N4O2S. The van der Waals surface area contributed by atoms with E-state index in [1.807, 2.05) is 24.5 Å². The summed E-state index contributed by atoms with van der Waals surface area (Å²) in [6, 6.07) is 11.6. The Hall–Kier alpha value is -3.06. The minimum Gasteiger partial charge on any atom is -0.314 e. The van der Waals surface area contributed by atoms with Crippen molar-refractivity contribution in [1.29, 1.82) is 0 Å². The molecule has 0 amide bonds. The molecule has 0 saturated heterocycles. The molecular weight excluding hydrogens is 396 g/mol. The van der Waals surface area contributed by atoms with Crippen LogP contribution in [0.2, 0.25) is 0 Å². The molecule has 6 nitrogen and oxygen atoms in total. The highest BCUT2D eigenvalue weighted by Gasteiger charge is 2.16. The number of rotatable bonds is 5. The molecule has 0 N–H and O–H groups in total. The summed E-state index contributed by atoms with van der Waals surface area (Å²) in [7, 11) is -3.23. The molecule has 2 aromatic carbocycles. The Kier molecular flexibility index (Phi) is 5.15. The monoisotopic (exact) mass is 420 g/mol. The van der Waals surface area contributed by atoms with Gasteiger partial charge in [0.1, 0.15) is 5.52 Å². The van der Waals surface area contributed by atoms with E-state index < -0.39 is 9.84 Å². The van der Waals surface area contributed by atoms with Gasteiger partial charge in [-0.3, -0.25) is 0 Å². The van der Waals surface area contributed by atoms with Crippen molar-refractivity contribution in [2.45, 2.75) is 39.1 Å². The average molecular weight is 421 g/mol. The van der Waals surface area contributed by atoms with Gasteiger partial charge in [0.25, 0.3) is 0 Å². The Labute approximate surface area is 176 Å². The number of hydrogen-bond acceptors (Lipinski definition) is 5. The second-order valence-corrected chi connectivity index (χ2v) is 9.65. The van der Waals surface area contributed by atoms with Crippen LogP contribution in [0.5, 0.6) is 0 Å². The predicted octanol–water partition coefficient (Wildman–Crippen LogP) is 4.59. The van der Waals surface area contributed by atoms with Crippen LogP contribution in [0.4, 0.5) is 0 Å². The van der Waals surface area contributed by atoms with E-state index in [4.69, 9.17) is 0 Å². The smallest absolute Gasteiger partial charge is 0.183 e. The topological polar surface area (TPSA) is 77.7 Å². The number of hydrogen-bond donors (Lipinski definition) is 0. The number of aryl methyl sites for hydroxylation is 3. The molecule has 0 saturated carbocycles. The van der Waals surface area contributed by atoms with Crippen LogP contribution in [0.3, 0.4) is 0 Å². The molecule has 4 rings (SSSR count). The van der Waals surface area contributed by atoms with Crippen molar-refractivity contribution >= 4 is 21.0 Å². The lowest BCUT2D eigenvalue weighted by Crippen LogP contribution is -2.04. The van der Waals surface area contributed by atoms with Crippen LogP contribution in [-0.2, 0) is 16.4 Å². The fraction of sp³-hybridized carbons (Fsp3) is 0.261. The number of benzene rings is 2. The minimum absolute atomic E-state index is 0.0930. The first-order valence-corrected chi connectivity index (χ1v) is 11.6. The van der Waals surface area contributed by atoms with Crippen molar-refractivity contribution in [2.24, 2.45) is 0 Å². The number of imidazole rings is 1. The van der Waals surface area contributed by atoms with E-state index in [-0.39, 0.29) is 5.75 Å². The van der Waals surface area contributed by atoms with Gasteiger partial charge in [0, 0.05) is 12.1 Å². The molecule has 2 heterocycles. The molecule has 0 spiro atoms. The predicted molar refractivity (Wildman–Crippen MR) is 119 cm³/mol. The van der Waals surface area contributed by atoms with E-state index in [0.717, 1.165) is 51.1 Å². The maximum atomic E-state index is 12.2. The third kappa shape index (κ3) is 3.39. The van der Waals surface area contributed by atoms with Gasteiger partial charge in [0.05, 0.1) is 23.2 Å². The van der Waals surface area contributed by atoms with Crippen molar-refractivity contribution < 1.29 is 8.42 Å². The van der Waals surface area contributed by atoms with Crippen LogP contribution in [0.25, 0.3) is 33.4 Å². The Morgan fingerprint density at radius 1 is 0.933 bits per heavy atom. The van der Waals surface area contributed by atoms with Crippen LogP contribution >= 0.6 is 0 Å². The second-order valence-electron chi connectivity index (χ2n) is 7.37. The first-order chi connectivity index (χ1) is 14.4.